The van der Waals surface area contributed by atoms with Gasteiger partial charge in [-0.2, -0.15) is 5.26 Å². The average Bonchev–Trinajstić information content (AvgIpc) is 2.28. The minimum absolute atomic E-state index is 0.275. The lowest BCUT2D eigenvalue weighted by Crippen LogP contribution is -2.29. The van der Waals surface area contributed by atoms with Gasteiger partial charge in [0.1, 0.15) is 12.1 Å². The summed E-state index contributed by atoms with van der Waals surface area (Å²) in [6, 6.07) is 6.18. The molecule has 2 N–H and O–H groups in total. The summed E-state index contributed by atoms with van der Waals surface area (Å²) in [6.07, 6.45) is 1.24. The predicted molar refractivity (Wildman–Crippen MR) is 66.1 cm³/mol. The van der Waals surface area contributed by atoms with Crippen molar-refractivity contribution in [2.45, 2.75) is 25.8 Å². The molecule has 0 bridgehead atoms. The fourth-order valence-electron chi connectivity index (χ4n) is 1.49. The lowest BCUT2D eigenvalue weighted by atomic mass is 10.1. The molecule has 0 aliphatic rings. The van der Waals surface area contributed by atoms with E-state index < -0.39 is 12.0 Å². The second-order valence-electron chi connectivity index (χ2n) is 3.60. The Hall–Kier alpha value is -1.73. The molecule has 1 unspecified atom stereocenters. The van der Waals surface area contributed by atoms with Gasteiger partial charge < -0.3 is 10.4 Å². The molecule has 0 spiro atoms. The molecule has 0 saturated carbocycles. The molecule has 0 aliphatic heterocycles. The van der Waals surface area contributed by atoms with Crippen molar-refractivity contribution < 1.29 is 9.90 Å². The van der Waals surface area contributed by atoms with E-state index in [9.17, 15) is 4.79 Å². The number of carboxylic acids is 1. The van der Waals surface area contributed by atoms with E-state index in [1.54, 1.807) is 18.2 Å². The molecule has 90 valence electrons. The zero-order chi connectivity index (χ0) is 12.8. The number of carboxylic acid groups (broad SMARTS) is 1. The smallest absolute Gasteiger partial charge is 0.326 e. The van der Waals surface area contributed by atoms with Crippen molar-refractivity contribution >= 4 is 23.3 Å². The number of aliphatic carboxylic acids is 1. The fraction of sp³-hybridized carbons (Fsp3) is 0.333. The van der Waals surface area contributed by atoms with Gasteiger partial charge in [-0.05, 0) is 18.6 Å². The van der Waals surface area contributed by atoms with Crippen LogP contribution in [0.15, 0.2) is 18.2 Å². The summed E-state index contributed by atoms with van der Waals surface area (Å²) in [5.74, 6) is -0.935. The Morgan fingerprint density at radius 2 is 2.35 bits per heavy atom. The van der Waals surface area contributed by atoms with Crippen LogP contribution in [0.3, 0.4) is 0 Å². The minimum atomic E-state index is -0.935. The molecular weight excluding hydrogens is 240 g/mol. The number of hydrogen-bond donors (Lipinski definition) is 2. The quantitative estimate of drug-likeness (QED) is 0.845. The number of halogens is 1. The molecule has 0 saturated heterocycles. The van der Waals surface area contributed by atoms with Gasteiger partial charge in [0.15, 0.2) is 0 Å². The third kappa shape index (κ3) is 3.36. The van der Waals surface area contributed by atoms with Crippen molar-refractivity contribution in [3.05, 3.63) is 28.8 Å². The summed E-state index contributed by atoms with van der Waals surface area (Å²) in [4.78, 5) is 11.0. The first-order valence-corrected chi connectivity index (χ1v) is 5.66. The Morgan fingerprint density at radius 1 is 1.65 bits per heavy atom. The molecule has 4 nitrogen and oxygen atoms in total. The zero-order valence-corrected chi connectivity index (χ0v) is 10.2. The van der Waals surface area contributed by atoms with Crippen LogP contribution in [0.4, 0.5) is 5.69 Å². The van der Waals surface area contributed by atoms with Crippen molar-refractivity contribution in [2.24, 2.45) is 0 Å². The largest absolute Gasteiger partial charge is 0.480 e. The van der Waals surface area contributed by atoms with Crippen LogP contribution in [0.5, 0.6) is 0 Å². The first-order chi connectivity index (χ1) is 8.10. The summed E-state index contributed by atoms with van der Waals surface area (Å²) in [5, 5.41) is 21.1. The summed E-state index contributed by atoms with van der Waals surface area (Å²) in [5.41, 5.74) is 0.734. The lowest BCUT2D eigenvalue weighted by Gasteiger charge is -2.16. The first-order valence-electron chi connectivity index (χ1n) is 5.28. The van der Waals surface area contributed by atoms with Gasteiger partial charge in [0.2, 0.25) is 0 Å². The minimum Gasteiger partial charge on any atom is -0.480 e. The van der Waals surface area contributed by atoms with Gasteiger partial charge in [0.05, 0.1) is 16.3 Å². The Morgan fingerprint density at radius 3 is 2.88 bits per heavy atom. The third-order valence-corrected chi connectivity index (χ3v) is 2.65. The molecule has 17 heavy (non-hydrogen) atoms. The van der Waals surface area contributed by atoms with Crippen LogP contribution in [0, 0.1) is 11.3 Å². The van der Waals surface area contributed by atoms with E-state index in [4.69, 9.17) is 22.0 Å². The molecule has 0 aromatic heterocycles. The molecule has 1 aromatic carbocycles. The average molecular weight is 253 g/mol. The number of nitriles is 1. The number of nitrogens with one attached hydrogen (secondary N) is 1. The van der Waals surface area contributed by atoms with E-state index in [0.717, 1.165) is 6.42 Å². The molecule has 0 amide bonds. The molecule has 1 aromatic rings. The zero-order valence-electron chi connectivity index (χ0n) is 9.40. The van der Waals surface area contributed by atoms with Gasteiger partial charge in [-0.15, -0.1) is 0 Å². The normalized spacial score (nSPS) is 11.6. The van der Waals surface area contributed by atoms with E-state index in [2.05, 4.69) is 5.32 Å². The number of hydrogen-bond acceptors (Lipinski definition) is 3. The Balaban J connectivity index is 2.97. The van der Waals surface area contributed by atoms with E-state index >= 15 is 0 Å². The molecular formula is C12H13ClN2O2. The molecule has 0 radical (unpaired) electrons. The SMILES string of the molecule is CCCC(Nc1cccc(Cl)c1C#N)C(=O)O. The van der Waals surface area contributed by atoms with Gasteiger partial charge in [-0.25, -0.2) is 4.79 Å². The molecule has 5 heteroatoms. The Kier molecular flexibility index (Phi) is 4.80. The summed E-state index contributed by atoms with van der Waals surface area (Å²) < 4.78 is 0. The topological polar surface area (TPSA) is 73.1 Å². The Labute approximate surface area is 105 Å². The fourth-order valence-corrected chi connectivity index (χ4v) is 1.71. The second-order valence-corrected chi connectivity index (χ2v) is 4.01. The van der Waals surface area contributed by atoms with Crippen molar-refractivity contribution in [2.75, 3.05) is 5.32 Å². The van der Waals surface area contributed by atoms with Gasteiger partial charge in [-0.3, -0.25) is 0 Å². The molecule has 0 aliphatic carbocycles. The van der Waals surface area contributed by atoms with E-state index in [0.29, 0.717) is 17.1 Å². The van der Waals surface area contributed by atoms with Crippen LogP contribution >= 0.6 is 11.6 Å². The number of benzene rings is 1. The van der Waals surface area contributed by atoms with Crippen LogP contribution in [0.25, 0.3) is 0 Å². The third-order valence-electron chi connectivity index (χ3n) is 2.33. The molecule has 0 heterocycles. The lowest BCUT2D eigenvalue weighted by molar-refractivity contribution is -0.138. The maximum absolute atomic E-state index is 11.0. The maximum Gasteiger partial charge on any atom is 0.326 e. The highest BCUT2D eigenvalue weighted by atomic mass is 35.5. The number of carbonyl (C=O) groups is 1. The van der Waals surface area contributed by atoms with Crippen molar-refractivity contribution in [1.82, 2.24) is 0 Å². The van der Waals surface area contributed by atoms with Gasteiger partial charge >= 0.3 is 5.97 Å². The Bertz CT molecular complexity index is 454. The van der Waals surface area contributed by atoms with Crippen LogP contribution in [-0.2, 0) is 4.79 Å². The predicted octanol–water partition coefficient (Wildman–Crippen LogP) is 2.88. The number of rotatable bonds is 5. The second kappa shape index (κ2) is 6.12. The van der Waals surface area contributed by atoms with E-state index in [-0.39, 0.29) is 5.56 Å². The molecule has 1 atom stereocenters. The van der Waals surface area contributed by atoms with E-state index in [1.165, 1.54) is 0 Å². The highest BCUT2D eigenvalue weighted by Gasteiger charge is 2.18. The highest BCUT2D eigenvalue weighted by molar-refractivity contribution is 6.32. The van der Waals surface area contributed by atoms with Gasteiger partial charge in [0.25, 0.3) is 0 Å². The van der Waals surface area contributed by atoms with Crippen LogP contribution < -0.4 is 5.32 Å². The van der Waals surface area contributed by atoms with E-state index in [1.807, 2.05) is 13.0 Å². The van der Waals surface area contributed by atoms with Crippen LogP contribution in [0.1, 0.15) is 25.3 Å². The molecule has 0 fully saturated rings. The monoisotopic (exact) mass is 252 g/mol. The van der Waals surface area contributed by atoms with Gasteiger partial charge in [-0.1, -0.05) is 31.0 Å². The number of anilines is 1. The first kappa shape index (κ1) is 13.3. The standard InChI is InChI=1S/C12H13ClN2O2/c1-2-4-11(12(16)17)15-10-6-3-5-9(13)8(10)7-14/h3,5-6,11,15H,2,4H2,1H3,(H,16,17). The van der Waals surface area contributed by atoms with Crippen molar-refractivity contribution in [1.29, 1.82) is 5.26 Å². The maximum atomic E-state index is 11.0. The van der Waals surface area contributed by atoms with Crippen LogP contribution in [0.2, 0.25) is 5.02 Å². The van der Waals surface area contributed by atoms with Crippen molar-refractivity contribution in [3.8, 4) is 6.07 Å². The van der Waals surface area contributed by atoms with Crippen LogP contribution in [-0.4, -0.2) is 17.1 Å². The summed E-state index contributed by atoms with van der Waals surface area (Å²) >= 11 is 5.86. The highest BCUT2D eigenvalue weighted by Crippen LogP contribution is 2.24. The summed E-state index contributed by atoms with van der Waals surface area (Å²) in [6.45, 7) is 1.90. The summed E-state index contributed by atoms with van der Waals surface area (Å²) in [7, 11) is 0. The van der Waals surface area contributed by atoms with Crippen molar-refractivity contribution in [3.63, 3.8) is 0 Å². The number of nitrogens with zero attached hydrogens (tertiary/aromatic N) is 1. The molecule has 1 rings (SSSR count). The van der Waals surface area contributed by atoms with Gasteiger partial charge in [0, 0.05) is 0 Å².